The second-order valence-electron chi connectivity index (χ2n) is 5.46. The van der Waals surface area contributed by atoms with Crippen molar-refractivity contribution in [3.63, 3.8) is 0 Å². The van der Waals surface area contributed by atoms with Crippen molar-refractivity contribution in [3.8, 4) is 0 Å². The van der Waals surface area contributed by atoms with Crippen molar-refractivity contribution < 1.29 is 4.74 Å². The van der Waals surface area contributed by atoms with Crippen LogP contribution in [0.1, 0.15) is 30.5 Å². The fourth-order valence-corrected chi connectivity index (χ4v) is 2.69. The van der Waals surface area contributed by atoms with Crippen LogP contribution < -0.4 is 5.32 Å². The SMILES string of the molecule is CCCNC(c1ccccc1C)C1CN(C)CCO1. The molecular formula is C16H26N2O. The lowest BCUT2D eigenvalue weighted by molar-refractivity contribution is -0.0393. The van der Waals surface area contributed by atoms with Crippen LogP contribution in [-0.2, 0) is 4.74 Å². The van der Waals surface area contributed by atoms with E-state index in [9.17, 15) is 0 Å². The molecule has 0 spiro atoms. The molecule has 1 N–H and O–H groups in total. The molecule has 0 aliphatic carbocycles. The Labute approximate surface area is 116 Å². The van der Waals surface area contributed by atoms with Gasteiger partial charge in [-0.05, 0) is 38.1 Å². The molecule has 2 unspecified atom stereocenters. The lowest BCUT2D eigenvalue weighted by Gasteiger charge is -2.36. The summed E-state index contributed by atoms with van der Waals surface area (Å²) in [5.74, 6) is 0. The van der Waals surface area contributed by atoms with Gasteiger partial charge in [-0.3, -0.25) is 0 Å². The van der Waals surface area contributed by atoms with Gasteiger partial charge < -0.3 is 15.0 Å². The molecule has 2 atom stereocenters. The first kappa shape index (κ1) is 14.5. The third kappa shape index (κ3) is 3.78. The van der Waals surface area contributed by atoms with E-state index in [1.807, 2.05) is 0 Å². The molecule has 1 aliphatic heterocycles. The zero-order valence-electron chi connectivity index (χ0n) is 12.4. The summed E-state index contributed by atoms with van der Waals surface area (Å²) in [4.78, 5) is 2.35. The molecule has 106 valence electrons. The normalized spacial score (nSPS) is 22.4. The van der Waals surface area contributed by atoms with Gasteiger partial charge in [-0.1, -0.05) is 31.2 Å². The average Bonchev–Trinajstić information content (AvgIpc) is 2.41. The fourth-order valence-electron chi connectivity index (χ4n) is 2.69. The average molecular weight is 262 g/mol. The number of likely N-dealkylation sites (N-methyl/N-ethyl adjacent to an activating group) is 1. The topological polar surface area (TPSA) is 24.5 Å². The highest BCUT2D eigenvalue weighted by atomic mass is 16.5. The molecule has 0 saturated carbocycles. The maximum Gasteiger partial charge on any atom is 0.0896 e. The first-order chi connectivity index (χ1) is 9.22. The summed E-state index contributed by atoms with van der Waals surface area (Å²) in [6.07, 6.45) is 1.39. The van der Waals surface area contributed by atoms with E-state index in [0.717, 1.165) is 32.7 Å². The van der Waals surface area contributed by atoms with Gasteiger partial charge in [0, 0.05) is 13.1 Å². The van der Waals surface area contributed by atoms with Gasteiger partial charge >= 0.3 is 0 Å². The summed E-state index contributed by atoms with van der Waals surface area (Å²) in [7, 11) is 2.17. The summed E-state index contributed by atoms with van der Waals surface area (Å²) in [5, 5.41) is 3.67. The minimum atomic E-state index is 0.242. The quantitative estimate of drug-likeness (QED) is 0.881. The first-order valence-corrected chi connectivity index (χ1v) is 7.31. The van der Waals surface area contributed by atoms with E-state index in [4.69, 9.17) is 4.74 Å². The second-order valence-corrected chi connectivity index (χ2v) is 5.46. The molecule has 0 radical (unpaired) electrons. The van der Waals surface area contributed by atoms with Crippen LogP contribution in [-0.4, -0.2) is 44.3 Å². The van der Waals surface area contributed by atoms with Gasteiger partial charge in [0.2, 0.25) is 0 Å². The van der Waals surface area contributed by atoms with Crippen LogP contribution >= 0.6 is 0 Å². The molecule has 3 nitrogen and oxygen atoms in total. The van der Waals surface area contributed by atoms with Gasteiger partial charge in [0.15, 0.2) is 0 Å². The Hall–Kier alpha value is -0.900. The van der Waals surface area contributed by atoms with Crippen LogP contribution in [0.25, 0.3) is 0 Å². The number of aryl methyl sites for hydroxylation is 1. The number of hydrogen-bond acceptors (Lipinski definition) is 3. The Morgan fingerprint density at radius 2 is 2.21 bits per heavy atom. The minimum absolute atomic E-state index is 0.242. The van der Waals surface area contributed by atoms with E-state index in [0.29, 0.717) is 6.04 Å². The second kappa shape index (κ2) is 7.04. The Kier molecular flexibility index (Phi) is 5.37. The van der Waals surface area contributed by atoms with Gasteiger partial charge in [0.1, 0.15) is 0 Å². The van der Waals surface area contributed by atoms with Crippen LogP contribution in [0.2, 0.25) is 0 Å². The van der Waals surface area contributed by atoms with Crippen LogP contribution in [0.4, 0.5) is 0 Å². The maximum absolute atomic E-state index is 6.01. The number of morpholine rings is 1. The van der Waals surface area contributed by atoms with Gasteiger partial charge in [-0.15, -0.1) is 0 Å². The lowest BCUT2D eigenvalue weighted by Crippen LogP contribution is -2.47. The Bertz CT molecular complexity index is 394. The van der Waals surface area contributed by atoms with Gasteiger partial charge in [0.05, 0.1) is 18.8 Å². The standard InChI is InChI=1S/C16H26N2O/c1-4-9-17-16(14-8-6-5-7-13(14)2)15-12-18(3)10-11-19-15/h5-8,15-17H,4,9-12H2,1-3H3. The summed E-state index contributed by atoms with van der Waals surface area (Å²) in [6, 6.07) is 8.92. The van der Waals surface area contributed by atoms with Gasteiger partial charge in [-0.25, -0.2) is 0 Å². The lowest BCUT2D eigenvalue weighted by atomic mass is 9.95. The minimum Gasteiger partial charge on any atom is -0.374 e. The van der Waals surface area contributed by atoms with Gasteiger partial charge in [-0.2, -0.15) is 0 Å². The van der Waals surface area contributed by atoms with E-state index in [2.05, 4.69) is 55.4 Å². The highest BCUT2D eigenvalue weighted by Crippen LogP contribution is 2.24. The third-order valence-electron chi connectivity index (χ3n) is 3.81. The molecule has 2 rings (SSSR count). The monoisotopic (exact) mass is 262 g/mol. The molecule has 0 bridgehead atoms. The highest BCUT2D eigenvalue weighted by Gasteiger charge is 2.28. The largest absolute Gasteiger partial charge is 0.374 e. The Morgan fingerprint density at radius 1 is 1.42 bits per heavy atom. The molecule has 0 amide bonds. The zero-order chi connectivity index (χ0) is 13.7. The van der Waals surface area contributed by atoms with Crippen LogP contribution in [0.15, 0.2) is 24.3 Å². The third-order valence-corrected chi connectivity index (χ3v) is 3.81. The number of nitrogens with one attached hydrogen (secondary N) is 1. The molecule has 1 aromatic carbocycles. The van der Waals surface area contributed by atoms with Crippen molar-refractivity contribution in [2.45, 2.75) is 32.4 Å². The van der Waals surface area contributed by atoms with Crippen molar-refractivity contribution >= 4 is 0 Å². The van der Waals surface area contributed by atoms with Gasteiger partial charge in [0.25, 0.3) is 0 Å². The molecule has 19 heavy (non-hydrogen) atoms. The van der Waals surface area contributed by atoms with Crippen LogP contribution in [0.5, 0.6) is 0 Å². The van der Waals surface area contributed by atoms with Crippen LogP contribution in [0, 0.1) is 6.92 Å². The first-order valence-electron chi connectivity index (χ1n) is 7.31. The van der Waals surface area contributed by atoms with Crippen molar-refractivity contribution in [1.29, 1.82) is 0 Å². The van der Waals surface area contributed by atoms with E-state index in [-0.39, 0.29) is 6.10 Å². The van der Waals surface area contributed by atoms with E-state index in [1.165, 1.54) is 11.1 Å². The summed E-state index contributed by atoms with van der Waals surface area (Å²) in [5.41, 5.74) is 2.71. The molecule has 1 aromatic rings. The number of ether oxygens (including phenoxy) is 1. The zero-order valence-corrected chi connectivity index (χ0v) is 12.4. The number of benzene rings is 1. The Morgan fingerprint density at radius 3 is 2.89 bits per heavy atom. The fraction of sp³-hybridized carbons (Fsp3) is 0.625. The van der Waals surface area contributed by atoms with Crippen molar-refractivity contribution in [2.75, 3.05) is 33.3 Å². The number of hydrogen-bond donors (Lipinski definition) is 1. The molecule has 1 heterocycles. The predicted molar refractivity (Wildman–Crippen MR) is 79.5 cm³/mol. The summed E-state index contributed by atoms with van der Waals surface area (Å²) < 4.78 is 6.01. The van der Waals surface area contributed by atoms with E-state index < -0.39 is 0 Å². The molecule has 0 aromatic heterocycles. The Balaban J connectivity index is 2.17. The highest BCUT2D eigenvalue weighted by molar-refractivity contribution is 5.29. The molecular weight excluding hydrogens is 236 g/mol. The van der Waals surface area contributed by atoms with E-state index >= 15 is 0 Å². The maximum atomic E-state index is 6.01. The molecule has 3 heteroatoms. The summed E-state index contributed by atoms with van der Waals surface area (Å²) >= 11 is 0. The van der Waals surface area contributed by atoms with Crippen LogP contribution in [0.3, 0.4) is 0 Å². The molecule has 1 aliphatic rings. The molecule has 1 fully saturated rings. The number of rotatable bonds is 5. The smallest absolute Gasteiger partial charge is 0.0896 e. The predicted octanol–water partition coefficient (Wildman–Crippen LogP) is 2.37. The molecule has 1 saturated heterocycles. The van der Waals surface area contributed by atoms with Crippen molar-refractivity contribution in [2.24, 2.45) is 0 Å². The van der Waals surface area contributed by atoms with Crippen molar-refractivity contribution in [1.82, 2.24) is 10.2 Å². The van der Waals surface area contributed by atoms with Crippen molar-refractivity contribution in [3.05, 3.63) is 35.4 Å². The van der Waals surface area contributed by atoms with E-state index in [1.54, 1.807) is 0 Å². The summed E-state index contributed by atoms with van der Waals surface area (Å²) in [6.45, 7) is 8.28. The number of nitrogens with zero attached hydrogens (tertiary/aromatic N) is 1.